The van der Waals surface area contributed by atoms with E-state index >= 15 is 0 Å². The van der Waals surface area contributed by atoms with Crippen LogP contribution in [0.1, 0.15) is 146 Å². The Bertz CT molecular complexity index is 1240. The molecule has 0 N–H and O–H groups in total. The molecule has 1 unspecified atom stereocenters. The molecule has 0 fully saturated rings. The van der Waals surface area contributed by atoms with Crippen molar-refractivity contribution in [2.24, 2.45) is 0 Å². The zero-order chi connectivity index (χ0) is 37.4. The summed E-state index contributed by atoms with van der Waals surface area (Å²) in [7, 11) is 1.87. The molecule has 0 spiro atoms. The third kappa shape index (κ3) is 12.7. The van der Waals surface area contributed by atoms with Gasteiger partial charge < -0.3 is 9.47 Å². The molecule has 1 aromatic heterocycles. The Morgan fingerprint density at radius 1 is 1.06 bits per heavy atom. The van der Waals surface area contributed by atoms with Crippen LogP contribution in [0.2, 0.25) is 0 Å². The molecule has 0 radical (unpaired) electrons. The molecule has 2 rings (SSSR count). The standard InChI is InChI=1S/C29H52N3O3S/c1-4-6-8-10-11-12-13-14-15-16-17-21-27(33)35-25-32(3)22-19-20-26(24-32)28-29(31-36-30-28)34-23-18-9-7-5-2/h20H,4-19,21-25H2,1-3H3/q+1/i2D3,5D2,7D2,9D2,18D2,23D2. The van der Waals surface area contributed by atoms with Gasteiger partial charge in [-0.25, -0.2) is 0 Å². The lowest BCUT2D eigenvalue weighted by Crippen LogP contribution is -2.49. The van der Waals surface area contributed by atoms with Gasteiger partial charge in [-0.05, 0) is 12.8 Å². The number of aromatic nitrogens is 2. The highest BCUT2D eigenvalue weighted by Gasteiger charge is 2.31. The Hall–Kier alpha value is -1.47. The second-order valence-corrected chi connectivity index (χ2v) is 10.1. The fourth-order valence-electron chi connectivity index (χ4n) is 4.23. The lowest BCUT2D eigenvalue weighted by molar-refractivity contribution is -0.919. The molecule has 36 heavy (non-hydrogen) atoms. The molecule has 7 heteroatoms. The van der Waals surface area contributed by atoms with Crippen molar-refractivity contribution in [1.29, 1.82) is 0 Å². The topological polar surface area (TPSA) is 61.3 Å². The lowest BCUT2D eigenvalue weighted by atomic mass is 10.1. The van der Waals surface area contributed by atoms with Gasteiger partial charge in [-0.2, -0.15) is 4.37 Å². The number of likely N-dealkylation sites (N-methyl/N-ethyl adjacent to an activating group) is 1. The summed E-state index contributed by atoms with van der Waals surface area (Å²) in [5.74, 6) is -0.791. The maximum Gasteiger partial charge on any atom is 0.310 e. The summed E-state index contributed by atoms with van der Waals surface area (Å²) in [5, 5.41) is 0. The molecule has 0 bridgehead atoms. The van der Waals surface area contributed by atoms with Crippen molar-refractivity contribution in [3.05, 3.63) is 11.8 Å². The van der Waals surface area contributed by atoms with Crippen molar-refractivity contribution in [2.75, 3.05) is 33.4 Å². The quantitative estimate of drug-likeness (QED) is 0.0908. The van der Waals surface area contributed by atoms with Crippen LogP contribution in [0.25, 0.3) is 5.57 Å². The van der Waals surface area contributed by atoms with Crippen LogP contribution < -0.4 is 4.74 Å². The van der Waals surface area contributed by atoms with Crippen molar-refractivity contribution in [1.82, 2.24) is 8.75 Å². The fourth-order valence-corrected chi connectivity index (χ4v) is 4.74. The van der Waals surface area contributed by atoms with Crippen LogP contribution in [0.5, 0.6) is 5.88 Å². The predicted molar refractivity (Wildman–Crippen MR) is 150 cm³/mol. The van der Waals surface area contributed by atoms with Crippen LogP contribution in [0.4, 0.5) is 0 Å². The van der Waals surface area contributed by atoms with E-state index in [1.165, 1.54) is 51.4 Å². The third-order valence-corrected chi connectivity index (χ3v) is 6.79. The number of rotatable bonds is 21. The minimum atomic E-state index is -4.05. The molecule has 206 valence electrons. The monoisotopic (exact) mass is 535 g/mol. The van der Waals surface area contributed by atoms with Gasteiger partial charge in [-0.15, -0.1) is 4.37 Å². The molecule has 0 aromatic carbocycles. The van der Waals surface area contributed by atoms with Gasteiger partial charge in [0, 0.05) is 33.5 Å². The van der Waals surface area contributed by atoms with Gasteiger partial charge in [0.15, 0.2) is 0 Å². The highest BCUT2D eigenvalue weighted by molar-refractivity contribution is 6.99. The molecule has 0 saturated heterocycles. The predicted octanol–water partition coefficient (Wildman–Crippen LogP) is 7.93. The highest BCUT2D eigenvalue weighted by Crippen LogP contribution is 2.30. The van der Waals surface area contributed by atoms with Crippen LogP contribution in [0.3, 0.4) is 0 Å². The number of hydrogen-bond donors (Lipinski definition) is 0. The molecule has 1 atom stereocenters. The van der Waals surface area contributed by atoms with Crippen molar-refractivity contribution in [2.45, 2.75) is 123 Å². The maximum absolute atomic E-state index is 12.5. The molecule has 0 aliphatic carbocycles. The Balaban J connectivity index is 1.98. The first kappa shape index (κ1) is 16.5. The van der Waals surface area contributed by atoms with Gasteiger partial charge in [0.25, 0.3) is 5.88 Å². The largest absolute Gasteiger partial charge is 0.475 e. The Labute approximate surface area is 243 Å². The summed E-state index contributed by atoms with van der Waals surface area (Å²) in [6.07, 6.45) is -0.338. The SMILES string of the molecule is [2H]C([2H])([2H])C([2H])([2H])C([2H])([2H])C([2H])([2H])C([2H])([2H])C([2H])([2H])Oc1nsnc1C1=CCC[N+](C)(COC(=O)CCCCCCCCCCCCC)C1. The zero-order valence-corrected chi connectivity index (χ0v) is 22.7. The van der Waals surface area contributed by atoms with Crippen LogP contribution in [0, 0.1) is 0 Å². The van der Waals surface area contributed by atoms with E-state index in [-0.39, 0.29) is 29.4 Å². The molecular formula is C29H52N3O3S+. The number of unbranched alkanes of at least 4 members (excludes halogenated alkanes) is 10. The Morgan fingerprint density at radius 3 is 2.50 bits per heavy atom. The zero-order valence-electron chi connectivity index (χ0n) is 34.9. The molecule has 0 amide bonds. The van der Waals surface area contributed by atoms with Gasteiger partial charge >= 0.3 is 5.97 Å². The Morgan fingerprint density at radius 2 is 1.78 bits per heavy atom. The van der Waals surface area contributed by atoms with Gasteiger partial charge in [0.1, 0.15) is 12.2 Å². The van der Waals surface area contributed by atoms with Crippen LogP contribution in [-0.2, 0) is 9.53 Å². The normalized spacial score (nSPS) is 25.4. The average Bonchev–Trinajstić information content (AvgIpc) is 3.45. The third-order valence-electron chi connectivity index (χ3n) is 6.28. The number of esters is 1. The van der Waals surface area contributed by atoms with Crippen LogP contribution >= 0.6 is 11.7 Å². The van der Waals surface area contributed by atoms with E-state index in [0.717, 1.165) is 19.3 Å². The average molecular weight is 536 g/mol. The summed E-state index contributed by atoms with van der Waals surface area (Å²) >= 11 is 0.622. The number of nitrogens with zero attached hydrogens (tertiary/aromatic N) is 3. The molecule has 0 saturated carbocycles. The second-order valence-electron chi connectivity index (χ2n) is 9.57. The van der Waals surface area contributed by atoms with E-state index in [0.29, 0.717) is 36.7 Å². The van der Waals surface area contributed by atoms with Gasteiger partial charge in [0.2, 0.25) is 6.73 Å². The summed E-state index contributed by atoms with van der Waals surface area (Å²) < 4.78 is 122. The van der Waals surface area contributed by atoms with Crippen molar-refractivity contribution < 1.29 is 36.6 Å². The number of carbonyl (C=O) groups excluding carboxylic acids is 1. The molecular weight excluding hydrogens is 470 g/mol. The van der Waals surface area contributed by atoms with E-state index in [1.54, 1.807) is 0 Å². The summed E-state index contributed by atoms with van der Waals surface area (Å²) in [5.41, 5.74) is 0.578. The lowest BCUT2D eigenvalue weighted by Gasteiger charge is -2.36. The van der Waals surface area contributed by atoms with Crippen molar-refractivity contribution in [3.63, 3.8) is 0 Å². The molecule has 1 aliphatic heterocycles. The van der Waals surface area contributed by atoms with Gasteiger partial charge in [0.05, 0.1) is 34.6 Å². The van der Waals surface area contributed by atoms with E-state index in [2.05, 4.69) is 15.7 Å². The van der Waals surface area contributed by atoms with Crippen LogP contribution in [-0.4, -0.2) is 52.6 Å². The maximum atomic E-state index is 12.5. The molecule has 1 aliphatic rings. The van der Waals surface area contributed by atoms with Crippen molar-refractivity contribution in [3.8, 4) is 5.88 Å². The molecule has 1 aromatic rings. The summed E-state index contributed by atoms with van der Waals surface area (Å²) in [6.45, 7) is -4.19. The first-order chi connectivity index (χ1) is 22.5. The molecule has 6 nitrogen and oxygen atoms in total. The van der Waals surface area contributed by atoms with Gasteiger partial charge in [-0.1, -0.05) is 103 Å². The Kier molecular flexibility index (Phi) is 8.57. The van der Waals surface area contributed by atoms with E-state index in [4.69, 9.17) is 27.3 Å². The summed E-state index contributed by atoms with van der Waals surface area (Å²) in [4.78, 5) is 12.5. The first-order valence-corrected chi connectivity index (χ1v) is 13.9. The van der Waals surface area contributed by atoms with Gasteiger partial charge in [-0.3, -0.25) is 9.28 Å². The number of ether oxygens (including phenoxy) is 2. The van der Waals surface area contributed by atoms with E-state index in [9.17, 15) is 4.79 Å². The summed E-state index contributed by atoms with van der Waals surface area (Å²) in [6, 6.07) is 0. The van der Waals surface area contributed by atoms with Crippen molar-refractivity contribution >= 4 is 23.3 Å². The molecule has 2 heterocycles. The van der Waals surface area contributed by atoms with E-state index < -0.39 is 44.8 Å². The second kappa shape index (κ2) is 18.7. The number of quaternary nitrogens is 1. The van der Waals surface area contributed by atoms with E-state index in [1.807, 2.05) is 13.1 Å². The number of carbonyl (C=O) groups is 1. The minimum Gasteiger partial charge on any atom is -0.475 e. The fraction of sp³-hybridized carbons (Fsp3) is 0.828. The van der Waals surface area contributed by atoms with Crippen LogP contribution in [0.15, 0.2) is 6.08 Å². The number of hydrogen-bond acceptors (Lipinski definition) is 6. The smallest absolute Gasteiger partial charge is 0.310 e. The highest BCUT2D eigenvalue weighted by atomic mass is 32.1. The minimum absolute atomic E-state index is 0.0439. The first-order valence-electron chi connectivity index (χ1n) is 19.7.